The molecule has 84 valence electrons. The lowest BCUT2D eigenvalue weighted by atomic mass is 10.0. The van der Waals surface area contributed by atoms with Crippen LogP contribution in [0.25, 0.3) is 0 Å². The molecular weight excluding hydrogens is 198 g/mol. The Labute approximate surface area is 96.1 Å². The van der Waals surface area contributed by atoms with Crippen molar-refractivity contribution in [3.8, 4) is 0 Å². The highest BCUT2D eigenvalue weighted by molar-refractivity contribution is 5.30. The molecule has 1 heterocycles. The lowest BCUT2D eigenvalue weighted by Gasteiger charge is -2.17. The molecule has 1 atom stereocenters. The van der Waals surface area contributed by atoms with Crippen molar-refractivity contribution >= 4 is 0 Å². The van der Waals surface area contributed by atoms with E-state index in [0.717, 1.165) is 0 Å². The fourth-order valence-corrected chi connectivity index (χ4v) is 2.00. The summed E-state index contributed by atoms with van der Waals surface area (Å²) >= 11 is 0. The second kappa shape index (κ2) is 4.49. The zero-order chi connectivity index (χ0) is 11.5. The van der Waals surface area contributed by atoms with E-state index < -0.39 is 0 Å². The van der Waals surface area contributed by atoms with E-state index in [1.165, 1.54) is 16.8 Å². The van der Waals surface area contributed by atoms with Gasteiger partial charge in [-0.2, -0.15) is 5.10 Å². The van der Waals surface area contributed by atoms with Gasteiger partial charge in [-0.3, -0.25) is 4.68 Å². The van der Waals surface area contributed by atoms with Crippen LogP contribution in [0.3, 0.4) is 0 Å². The first-order chi connectivity index (χ1) is 7.72. The Morgan fingerprint density at radius 2 is 2.12 bits per heavy atom. The molecular formula is C13H17N3. The number of hydrogen-bond donors (Lipinski definition) is 1. The number of benzene rings is 1. The van der Waals surface area contributed by atoms with Gasteiger partial charge in [0, 0.05) is 13.2 Å². The van der Waals surface area contributed by atoms with E-state index >= 15 is 0 Å². The predicted molar refractivity (Wildman–Crippen MR) is 65.3 cm³/mol. The van der Waals surface area contributed by atoms with Gasteiger partial charge in [0.2, 0.25) is 0 Å². The monoisotopic (exact) mass is 215 g/mol. The largest absolute Gasteiger partial charge is 0.308 e. The van der Waals surface area contributed by atoms with Gasteiger partial charge in [-0.1, -0.05) is 29.8 Å². The first-order valence-electron chi connectivity index (χ1n) is 5.44. The molecule has 0 radical (unpaired) electrons. The number of rotatable bonds is 3. The average Bonchev–Trinajstić information content (AvgIpc) is 2.67. The predicted octanol–water partition coefficient (Wildman–Crippen LogP) is 2.04. The zero-order valence-corrected chi connectivity index (χ0v) is 9.94. The van der Waals surface area contributed by atoms with Crippen molar-refractivity contribution in [3.63, 3.8) is 0 Å². The minimum Gasteiger partial charge on any atom is -0.308 e. The van der Waals surface area contributed by atoms with E-state index in [1.54, 1.807) is 0 Å². The molecule has 2 rings (SSSR count). The van der Waals surface area contributed by atoms with Crippen LogP contribution < -0.4 is 5.32 Å². The standard InChI is InChI=1S/C13H17N3/c1-10-5-4-6-11(9-10)13(14-2)12-7-8-15-16(12)3/h4-9,13-14H,1-3H3. The SMILES string of the molecule is CNC(c1cccc(C)c1)c1ccnn1C. The lowest BCUT2D eigenvalue weighted by molar-refractivity contribution is 0.606. The van der Waals surface area contributed by atoms with Gasteiger partial charge in [-0.05, 0) is 25.6 Å². The normalized spacial score (nSPS) is 12.7. The summed E-state index contributed by atoms with van der Waals surface area (Å²) in [6.45, 7) is 2.11. The van der Waals surface area contributed by atoms with Crippen molar-refractivity contribution in [2.24, 2.45) is 7.05 Å². The maximum absolute atomic E-state index is 4.21. The Morgan fingerprint density at radius 3 is 2.69 bits per heavy atom. The highest BCUT2D eigenvalue weighted by Crippen LogP contribution is 2.21. The maximum atomic E-state index is 4.21. The minimum absolute atomic E-state index is 0.201. The zero-order valence-electron chi connectivity index (χ0n) is 9.94. The van der Waals surface area contributed by atoms with Gasteiger partial charge in [0.1, 0.15) is 0 Å². The van der Waals surface area contributed by atoms with Gasteiger partial charge in [-0.15, -0.1) is 0 Å². The summed E-state index contributed by atoms with van der Waals surface area (Å²) in [5.74, 6) is 0. The number of aromatic nitrogens is 2. The molecule has 3 heteroatoms. The van der Waals surface area contributed by atoms with E-state index in [1.807, 2.05) is 31.0 Å². The molecule has 0 spiro atoms. The topological polar surface area (TPSA) is 29.9 Å². The molecule has 1 unspecified atom stereocenters. The van der Waals surface area contributed by atoms with Crippen LogP contribution in [0.4, 0.5) is 0 Å². The van der Waals surface area contributed by atoms with Crippen LogP contribution in [0.15, 0.2) is 36.5 Å². The Bertz CT molecular complexity index is 474. The van der Waals surface area contributed by atoms with Gasteiger partial charge in [0.05, 0.1) is 11.7 Å². The van der Waals surface area contributed by atoms with Crippen molar-refractivity contribution in [1.82, 2.24) is 15.1 Å². The van der Waals surface area contributed by atoms with Crippen LogP contribution >= 0.6 is 0 Å². The molecule has 3 nitrogen and oxygen atoms in total. The fraction of sp³-hybridized carbons (Fsp3) is 0.308. The molecule has 0 amide bonds. The van der Waals surface area contributed by atoms with Crippen LogP contribution in [0, 0.1) is 6.92 Å². The molecule has 0 saturated heterocycles. The fourth-order valence-electron chi connectivity index (χ4n) is 2.00. The Morgan fingerprint density at radius 1 is 1.31 bits per heavy atom. The van der Waals surface area contributed by atoms with E-state index in [2.05, 4.69) is 41.6 Å². The van der Waals surface area contributed by atoms with Crippen LogP contribution in [-0.2, 0) is 7.05 Å². The molecule has 1 aromatic carbocycles. The molecule has 2 aromatic rings. The second-order valence-electron chi connectivity index (χ2n) is 4.02. The van der Waals surface area contributed by atoms with Gasteiger partial charge in [-0.25, -0.2) is 0 Å². The highest BCUT2D eigenvalue weighted by Gasteiger charge is 2.14. The van der Waals surface area contributed by atoms with Crippen molar-refractivity contribution < 1.29 is 0 Å². The summed E-state index contributed by atoms with van der Waals surface area (Å²) in [6.07, 6.45) is 1.83. The van der Waals surface area contributed by atoms with E-state index in [0.29, 0.717) is 0 Å². The number of nitrogens with zero attached hydrogens (tertiary/aromatic N) is 2. The van der Waals surface area contributed by atoms with Crippen molar-refractivity contribution in [3.05, 3.63) is 53.3 Å². The molecule has 1 aromatic heterocycles. The summed E-state index contributed by atoms with van der Waals surface area (Å²) in [5.41, 5.74) is 3.72. The summed E-state index contributed by atoms with van der Waals surface area (Å²) in [7, 11) is 3.94. The number of aryl methyl sites for hydroxylation is 2. The molecule has 0 fully saturated rings. The Kier molecular flexibility index (Phi) is 3.06. The molecule has 0 saturated carbocycles. The molecule has 0 bridgehead atoms. The number of hydrogen-bond acceptors (Lipinski definition) is 2. The van der Waals surface area contributed by atoms with Crippen LogP contribution in [0.2, 0.25) is 0 Å². The van der Waals surface area contributed by atoms with Crippen LogP contribution in [-0.4, -0.2) is 16.8 Å². The highest BCUT2D eigenvalue weighted by atomic mass is 15.3. The molecule has 16 heavy (non-hydrogen) atoms. The van der Waals surface area contributed by atoms with Gasteiger partial charge in [0.15, 0.2) is 0 Å². The summed E-state index contributed by atoms with van der Waals surface area (Å²) < 4.78 is 1.91. The third kappa shape index (κ3) is 1.99. The van der Waals surface area contributed by atoms with Crippen LogP contribution in [0.5, 0.6) is 0 Å². The third-order valence-corrected chi connectivity index (χ3v) is 2.82. The van der Waals surface area contributed by atoms with Crippen molar-refractivity contribution in [2.75, 3.05) is 7.05 Å². The maximum Gasteiger partial charge on any atom is 0.0745 e. The third-order valence-electron chi connectivity index (χ3n) is 2.82. The summed E-state index contributed by atoms with van der Waals surface area (Å²) in [4.78, 5) is 0. The lowest BCUT2D eigenvalue weighted by Crippen LogP contribution is -2.20. The van der Waals surface area contributed by atoms with E-state index in [4.69, 9.17) is 0 Å². The van der Waals surface area contributed by atoms with Gasteiger partial charge >= 0.3 is 0 Å². The summed E-state index contributed by atoms with van der Waals surface area (Å²) in [6, 6.07) is 10.8. The average molecular weight is 215 g/mol. The first kappa shape index (κ1) is 10.9. The molecule has 1 N–H and O–H groups in total. The molecule has 0 aliphatic carbocycles. The molecule has 0 aliphatic heterocycles. The minimum atomic E-state index is 0.201. The second-order valence-corrected chi connectivity index (χ2v) is 4.02. The summed E-state index contributed by atoms with van der Waals surface area (Å²) in [5, 5.41) is 7.54. The quantitative estimate of drug-likeness (QED) is 0.849. The van der Waals surface area contributed by atoms with Gasteiger partial charge in [0.25, 0.3) is 0 Å². The van der Waals surface area contributed by atoms with Crippen LogP contribution in [0.1, 0.15) is 22.9 Å². The number of nitrogens with one attached hydrogen (secondary N) is 1. The Balaban J connectivity index is 2.40. The van der Waals surface area contributed by atoms with E-state index in [-0.39, 0.29) is 6.04 Å². The smallest absolute Gasteiger partial charge is 0.0745 e. The molecule has 0 aliphatic rings. The van der Waals surface area contributed by atoms with Gasteiger partial charge < -0.3 is 5.32 Å². The van der Waals surface area contributed by atoms with E-state index in [9.17, 15) is 0 Å². The first-order valence-corrected chi connectivity index (χ1v) is 5.44. The van der Waals surface area contributed by atoms with Crippen molar-refractivity contribution in [2.45, 2.75) is 13.0 Å². The van der Waals surface area contributed by atoms with Crippen molar-refractivity contribution in [1.29, 1.82) is 0 Å². The Hall–Kier alpha value is -1.61.